The van der Waals surface area contributed by atoms with Crippen molar-refractivity contribution in [2.45, 2.75) is 27.7 Å². The first-order chi connectivity index (χ1) is 8.52. The van der Waals surface area contributed by atoms with Crippen molar-refractivity contribution >= 4 is 0 Å². The number of hydrogen-bond donors (Lipinski definition) is 0. The molecule has 0 aliphatic heterocycles. The summed E-state index contributed by atoms with van der Waals surface area (Å²) in [5, 5.41) is 0. The van der Waals surface area contributed by atoms with E-state index in [0.29, 0.717) is 0 Å². The molecule has 18 heavy (non-hydrogen) atoms. The Morgan fingerprint density at radius 3 is 2.44 bits per heavy atom. The average Bonchev–Trinajstić information content (AvgIpc) is 2.32. The summed E-state index contributed by atoms with van der Waals surface area (Å²) in [6.45, 7) is 8.06. The van der Waals surface area contributed by atoms with Gasteiger partial charge in [-0.05, 0) is 44.9 Å². The molecule has 0 saturated heterocycles. The van der Waals surface area contributed by atoms with Crippen LogP contribution in [0.3, 0.4) is 0 Å². The summed E-state index contributed by atoms with van der Waals surface area (Å²) in [6.07, 6.45) is 1.79. The lowest BCUT2D eigenvalue weighted by Gasteiger charge is -2.14. The number of rotatable bonds is 2. The van der Waals surface area contributed by atoms with Gasteiger partial charge in [0.2, 0.25) is 0 Å². The highest BCUT2D eigenvalue weighted by molar-refractivity contribution is 5.73. The fourth-order valence-electron chi connectivity index (χ4n) is 2.17. The predicted octanol–water partition coefficient (Wildman–Crippen LogP) is 3.39. The zero-order chi connectivity index (χ0) is 13.3. The molecule has 0 N–H and O–H groups in total. The number of methoxy groups -OCH3 is 1. The van der Waals surface area contributed by atoms with Gasteiger partial charge in [-0.1, -0.05) is 6.07 Å². The van der Waals surface area contributed by atoms with Crippen LogP contribution < -0.4 is 4.74 Å². The van der Waals surface area contributed by atoms with Crippen molar-refractivity contribution in [2.75, 3.05) is 7.11 Å². The van der Waals surface area contributed by atoms with Crippen LogP contribution in [0.15, 0.2) is 18.3 Å². The van der Waals surface area contributed by atoms with Crippen LogP contribution in [0.2, 0.25) is 0 Å². The molecule has 0 aliphatic carbocycles. The molecule has 0 atom stereocenters. The maximum absolute atomic E-state index is 5.49. The molecule has 0 unspecified atom stereocenters. The van der Waals surface area contributed by atoms with Gasteiger partial charge in [-0.15, -0.1) is 0 Å². The van der Waals surface area contributed by atoms with Crippen LogP contribution in [-0.2, 0) is 0 Å². The Balaban J connectivity index is 2.74. The van der Waals surface area contributed by atoms with E-state index in [1.54, 1.807) is 13.3 Å². The molecule has 3 nitrogen and oxygen atoms in total. The Morgan fingerprint density at radius 2 is 1.78 bits per heavy atom. The second-order valence-electron chi connectivity index (χ2n) is 4.60. The van der Waals surface area contributed by atoms with E-state index in [-0.39, 0.29) is 0 Å². The van der Waals surface area contributed by atoms with Crippen LogP contribution in [0.1, 0.15) is 22.5 Å². The van der Waals surface area contributed by atoms with Crippen molar-refractivity contribution in [3.8, 4) is 17.0 Å². The molecule has 3 heteroatoms. The number of ether oxygens (including phenoxy) is 1. The lowest BCUT2D eigenvalue weighted by Crippen LogP contribution is -1.99. The average molecular weight is 242 g/mol. The van der Waals surface area contributed by atoms with Crippen LogP contribution in [0.4, 0.5) is 0 Å². The first-order valence-corrected chi connectivity index (χ1v) is 5.98. The van der Waals surface area contributed by atoms with Crippen LogP contribution in [0.25, 0.3) is 11.3 Å². The van der Waals surface area contributed by atoms with Crippen LogP contribution in [0.5, 0.6) is 5.75 Å². The van der Waals surface area contributed by atoms with E-state index in [9.17, 15) is 0 Å². The van der Waals surface area contributed by atoms with E-state index in [2.05, 4.69) is 29.9 Å². The molecular formula is C15H18N2O. The minimum Gasteiger partial charge on any atom is -0.496 e. The number of hydrogen-bond acceptors (Lipinski definition) is 3. The molecule has 0 aliphatic rings. The molecule has 1 aromatic carbocycles. The quantitative estimate of drug-likeness (QED) is 0.809. The summed E-state index contributed by atoms with van der Waals surface area (Å²) in [4.78, 5) is 8.98. The van der Waals surface area contributed by atoms with Crippen molar-refractivity contribution < 1.29 is 4.74 Å². The zero-order valence-electron chi connectivity index (χ0n) is 11.5. The highest BCUT2D eigenvalue weighted by atomic mass is 16.5. The molecule has 0 bridgehead atoms. The fraction of sp³-hybridized carbons (Fsp3) is 0.333. The highest BCUT2D eigenvalue weighted by Gasteiger charge is 2.14. The number of aryl methyl sites for hydroxylation is 4. The molecule has 2 rings (SSSR count). The van der Waals surface area contributed by atoms with E-state index >= 15 is 0 Å². The van der Waals surface area contributed by atoms with Gasteiger partial charge < -0.3 is 4.74 Å². The molecular weight excluding hydrogens is 224 g/mol. The lowest BCUT2D eigenvalue weighted by atomic mass is 10.00. The zero-order valence-corrected chi connectivity index (χ0v) is 11.5. The predicted molar refractivity (Wildman–Crippen MR) is 73.0 cm³/mol. The maximum Gasteiger partial charge on any atom is 0.128 e. The molecule has 0 spiro atoms. The molecule has 0 saturated carbocycles. The molecule has 1 heterocycles. The van der Waals surface area contributed by atoms with E-state index in [4.69, 9.17) is 4.74 Å². The molecule has 0 amide bonds. The Bertz CT molecular complexity index is 591. The van der Waals surface area contributed by atoms with Gasteiger partial charge in [-0.25, -0.2) is 4.98 Å². The molecule has 0 fully saturated rings. The molecule has 0 radical (unpaired) electrons. The van der Waals surface area contributed by atoms with Crippen molar-refractivity contribution in [2.24, 2.45) is 0 Å². The summed E-state index contributed by atoms with van der Waals surface area (Å²) >= 11 is 0. The Hall–Kier alpha value is -1.90. The third-order valence-corrected chi connectivity index (χ3v) is 2.98. The Morgan fingerprint density at radius 1 is 1.06 bits per heavy atom. The van der Waals surface area contributed by atoms with Crippen molar-refractivity contribution in [1.82, 2.24) is 9.97 Å². The number of nitrogens with zero attached hydrogens (tertiary/aromatic N) is 2. The van der Waals surface area contributed by atoms with E-state index < -0.39 is 0 Å². The number of aromatic nitrogens is 2. The van der Waals surface area contributed by atoms with Gasteiger partial charge in [-0.2, -0.15) is 0 Å². The van der Waals surface area contributed by atoms with Gasteiger partial charge in [0, 0.05) is 11.8 Å². The van der Waals surface area contributed by atoms with Gasteiger partial charge in [0.15, 0.2) is 0 Å². The van der Waals surface area contributed by atoms with Crippen LogP contribution in [-0.4, -0.2) is 17.1 Å². The molecule has 1 aromatic heterocycles. The SMILES string of the molecule is COc1cc(C)cc(C)c1-c1nc(C)cnc1C. The van der Waals surface area contributed by atoms with Crippen LogP contribution in [0, 0.1) is 27.7 Å². The van der Waals surface area contributed by atoms with E-state index in [1.807, 2.05) is 19.9 Å². The topological polar surface area (TPSA) is 35.0 Å². The van der Waals surface area contributed by atoms with Gasteiger partial charge in [-0.3, -0.25) is 4.98 Å². The summed E-state index contributed by atoms with van der Waals surface area (Å²) in [7, 11) is 1.69. The van der Waals surface area contributed by atoms with Crippen molar-refractivity contribution in [1.29, 1.82) is 0 Å². The van der Waals surface area contributed by atoms with Gasteiger partial charge in [0.05, 0.1) is 24.2 Å². The van der Waals surface area contributed by atoms with Gasteiger partial charge in [0.25, 0.3) is 0 Å². The van der Waals surface area contributed by atoms with Crippen molar-refractivity contribution in [3.05, 3.63) is 40.8 Å². The van der Waals surface area contributed by atoms with Crippen molar-refractivity contribution in [3.63, 3.8) is 0 Å². The standard InChI is InChI=1S/C15H18N2O/c1-9-6-10(2)14(13(7-9)18-5)15-12(4)16-8-11(3)17-15/h6-8H,1-5H3. The van der Waals surface area contributed by atoms with Crippen LogP contribution >= 0.6 is 0 Å². The lowest BCUT2D eigenvalue weighted by molar-refractivity contribution is 0.415. The second-order valence-corrected chi connectivity index (χ2v) is 4.60. The van der Waals surface area contributed by atoms with Gasteiger partial charge >= 0.3 is 0 Å². The summed E-state index contributed by atoms with van der Waals surface area (Å²) < 4.78 is 5.49. The Kier molecular flexibility index (Phi) is 3.32. The second kappa shape index (κ2) is 4.77. The van der Waals surface area contributed by atoms with E-state index in [1.165, 1.54) is 5.56 Å². The fourth-order valence-corrected chi connectivity index (χ4v) is 2.17. The van der Waals surface area contributed by atoms with Gasteiger partial charge in [0.1, 0.15) is 5.75 Å². The Labute approximate surface area is 108 Å². The maximum atomic E-state index is 5.49. The van der Waals surface area contributed by atoms with E-state index in [0.717, 1.165) is 34.0 Å². The summed E-state index contributed by atoms with van der Waals surface area (Å²) in [6, 6.07) is 4.17. The molecule has 2 aromatic rings. The third-order valence-electron chi connectivity index (χ3n) is 2.98. The summed E-state index contributed by atoms with van der Waals surface area (Å²) in [5.74, 6) is 0.857. The largest absolute Gasteiger partial charge is 0.496 e. The first kappa shape index (κ1) is 12.6. The highest BCUT2D eigenvalue weighted by Crippen LogP contribution is 2.34. The molecule has 94 valence electrons. The first-order valence-electron chi connectivity index (χ1n) is 5.98. The summed E-state index contributed by atoms with van der Waals surface area (Å²) in [5.41, 5.74) is 6.13. The minimum absolute atomic E-state index is 0.857. The smallest absolute Gasteiger partial charge is 0.128 e. The normalized spacial score (nSPS) is 10.5. The minimum atomic E-state index is 0.857. The monoisotopic (exact) mass is 242 g/mol. The third kappa shape index (κ3) is 2.21. The number of benzene rings is 1.